The van der Waals surface area contributed by atoms with E-state index < -0.39 is 18.0 Å². The number of carboxylic acid groups (broad SMARTS) is 1. The average molecular weight is 595 g/mol. The van der Waals surface area contributed by atoms with Gasteiger partial charge in [0.1, 0.15) is 23.3 Å². The second kappa shape index (κ2) is 11.2. The van der Waals surface area contributed by atoms with Crippen molar-refractivity contribution < 1.29 is 28.6 Å². The number of carboxylic acids is 1. The molecule has 0 aliphatic carbocycles. The molecule has 5 aromatic rings. The van der Waals surface area contributed by atoms with E-state index in [0.29, 0.717) is 43.4 Å². The van der Waals surface area contributed by atoms with Gasteiger partial charge in [-0.15, -0.1) is 0 Å². The van der Waals surface area contributed by atoms with Gasteiger partial charge in [-0.3, -0.25) is 9.36 Å². The maximum atomic E-state index is 14.1. The van der Waals surface area contributed by atoms with E-state index >= 15 is 0 Å². The van der Waals surface area contributed by atoms with E-state index in [0.717, 1.165) is 10.8 Å². The smallest absolute Gasteiger partial charge is 0.338 e. The number of esters is 1. The predicted molar refractivity (Wildman–Crippen MR) is 162 cm³/mol. The number of fused-ring (bicyclic) bond motifs is 2. The fraction of sp³-hybridized carbons (Fsp3) is 0.152. The Morgan fingerprint density at radius 2 is 1.84 bits per heavy atom. The normalized spacial score (nSPS) is 14.9. The highest BCUT2D eigenvalue weighted by molar-refractivity contribution is 7.07. The lowest BCUT2D eigenvalue weighted by Crippen LogP contribution is -2.40. The van der Waals surface area contributed by atoms with Crippen LogP contribution in [0, 0.1) is 0 Å². The molecule has 0 saturated heterocycles. The maximum Gasteiger partial charge on any atom is 0.338 e. The van der Waals surface area contributed by atoms with Crippen molar-refractivity contribution >= 4 is 40.1 Å². The highest BCUT2D eigenvalue weighted by Crippen LogP contribution is 2.40. The Bertz CT molecular complexity index is 2120. The molecule has 0 fully saturated rings. The van der Waals surface area contributed by atoms with Gasteiger partial charge in [0.15, 0.2) is 4.80 Å². The zero-order valence-corrected chi connectivity index (χ0v) is 24.3. The lowest BCUT2D eigenvalue weighted by Gasteiger charge is -2.27. The number of aromatic nitrogens is 1. The molecule has 0 spiro atoms. The van der Waals surface area contributed by atoms with Crippen LogP contribution in [0.3, 0.4) is 0 Å². The van der Waals surface area contributed by atoms with Crippen molar-refractivity contribution in [1.29, 1.82) is 0 Å². The van der Waals surface area contributed by atoms with Crippen molar-refractivity contribution in [3.63, 3.8) is 0 Å². The molecule has 43 heavy (non-hydrogen) atoms. The molecule has 0 radical (unpaired) electrons. The number of rotatable bonds is 7. The van der Waals surface area contributed by atoms with Crippen LogP contribution < -0.4 is 19.6 Å². The third-order valence-electron chi connectivity index (χ3n) is 7.26. The van der Waals surface area contributed by atoms with E-state index in [1.54, 1.807) is 51.3 Å². The zero-order chi connectivity index (χ0) is 30.2. The quantitative estimate of drug-likeness (QED) is 0.266. The SMILES string of the molecule is CCOC(=O)C1=C(C)N=c2s/c(=C\c3ccc(-c4ccc(C(=O)O)cc4)o3)c(=O)n2[C@@H]1c1c(OC)ccc2ccccc12. The number of benzene rings is 3. The van der Waals surface area contributed by atoms with Gasteiger partial charge in [-0.25, -0.2) is 14.6 Å². The maximum absolute atomic E-state index is 14.1. The Morgan fingerprint density at radius 3 is 2.56 bits per heavy atom. The Labute approximate surface area is 249 Å². The minimum absolute atomic E-state index is 0.166. The molecule has 0 unspecified atom stereocenters. The number of hydrogen-bond acceptors (Lipinski definition) is 8. The molecule has 10 heteroatoms. The number of carbonyl (C=O) groups is 2. The van der Waals surface area contributed by atoms with Crippen LogP contribution in [0.15, 0.2) is 98.3 Å². The van der Waals surface area contributed by atoms with Gasteiger partial charge >= 0.3 is 11.9 Å². The van der Waals surface area contributed by atoms with Gasteiger partial charge in [0, 0.05) is 17.2 Å². The Kier molecular flexibility index (Phi) is 7.29. The summed E-state index contributed by atoms with van der Waals surface area (Å²) < 4.78 is 19.1. The Balaban J connectivity index is 1.53. The van der Waals surface area contributed by atoms with Gasteiger partial charge in [0.25, 0.3) is 5.56 Å². The minimum Gasteiger partial charge on any atom is -0.496 e. The van der Waals surface area contributed by atoms with E-state index in [9.17, 15) is 19.5 Å². The number of furan rings is 1. The average Bonchev–Trinajstić information content (AvgIpc) is 3.60. The summed E-state index contributed by atoms with van der Waals surface area (Å²) >= 11 is 1.19. The monoisotopic (exact) mass is 594 g/mol. The minimum atomic E-state index is -1.01. The lowest BCUT2D eigenvalue weighted by atomic mass is 9.90. The number of aromatic carboxylic acids is 1. The van der Waals surface area contributed by atoms with Crippen molar-refractivity contribution in [2.45, 2.75) is 19.9 Å². The summed E-state index contributed by atoms with van der Waals surface area (Å²) in [6.07, 6.45) is 1.64. The van der Waals surface area contributed by atoms with Crippen LogP contribution in [0.4, 0.5) is 0 Å². The third kappa shape index (κ3) is 4.95. The number of thiazole rings is 1. The summed E-state index contributed by atoms with van der Waals surface area (Å²) in [6, 6.07) is 20.5. The fourth-order valence-corrected chi connectivity index (χ4v) is 6.32. The van der Waals surface area contributed by atoms with Gasteiger partial charge < -0.3 is 19.0 Å². The third-order valence-corrected chi connectivity index (χ3v) is 8.24. The molecule has 6 rings (SSSR count). The number of methoxy groups -OCH3 is 1. The van der Waals surface area contributed by atoms with Crippen LogP contribution in [-0.4, -0.2) is 35.3 Å². The first-order valence-corrected chi connectivity index (χ1v) is 14.3. The number of carbonyl (C=O) groups excluding carboxylic acids is 1. The van der Waals surface area contributed by atoms with Crippen LogP contribution >= 0.6 is 11.3 Å². The Morgan fingerprint density at radius 1 is 1.07 bits per heavy atom. The van der Waals surface area contributed by atoms with Gasteiger partial charge in [0.05, 0.1) is 35.1 Å². The molecule has 1 atom stereocenters. The topological polar surface area (TPSA) is 120 Å². The highest BCUT2D eigenvalue weighted by atomic mass is 32.1. The summed E-state index contributed by atoms with van der Waals surface area (Å²) in [6.45, 7) is 3.64. The summed E-state index contributed by atoms with van der Waals surface area (Å²) in [7, 11) is 1.56. The molecule has 1 aliphatic heterocycles. The molecule has 1 aliphatic rings. The molecule has 0 saturated carbocycles. The molecule has 1 N–H and O–H groups in total. The number of nitrogens with zero attached hydrogens (tertiary/aromatic N) is 2. The van der Waals surface area contributed by atoms with Gasteiger partial charge in [-0.2, -0.15) is 0 Å². The van der Waals surface area contributed by atoms with Crippen molar-refractivity contribution in [1.82, 2.24) is 4.57 Å². The summed E-state index contributed by atoms with van der Waals surface area (Å²) in [5.74, 6) is -0.0808. The van der Waals surface area contributed by atoms with E-state index in [1.165, 1.54) is 28.0 Å². The van der Waals surface area contributed by atoms with Gasteiger partial charge in [-0.05, 0) is 55.0 Å². The van der Waals surface area contributed by atoms with Crippen LogP contribution in [0.2, 0.25) is 0 Å². The first-order chi connectivity index (χ1) is 20.8. The Hall–Kier alpha value is -5.22. The van der Waals surface area contributed by atoms with Crippen LogP contribution in [0.1, 0.15) is 41.6 Å². The molecule has 216 valence electrons. The number of ether oxygens (including phenoxy) is 2. The molecular weight excluding hydrogens is 568 g/mol. The molecular formula is C33H26N2O7S. The molecule has 3 aromatic carbocycles. The molecule has 3 heterocycles. The van der Waals surface area contributed by atoms with E-state index in [1.807, 2.05) is 36.4 Å². The van der Waals surface area contributed by atoms with Gasteiger partial charge in [0.2, 0.25) is 0 Å². The van der Waals surface area contributed by atoms with Crippen molar-refractivity contribution in [3.05, 3.63) is 121 Å². The van der Waals surface area contributed by atoms with E-state index in [-0.39, 0.29) is 23.3 Å². The van der Waals surface area contributed by atoms with Crippen LogP contribution in [0.5, 0.6) is 5.75 Å². The summed E-state index contributed by atoms with van der Waals surface area (Å²) in [5.41, 5.74) is 1.91. The van der Waals surface area contributed by atoms with Crippen molar-refractivity contribution in [3.8, 4) is 17.1 Å². The summed E-state index contributed by atoms with van der Waals surface area (Å²) in [5, 5.41) is 10.9. The number of allylic oxidation sites excluding steroid dienone is 1. The number of hydrogen-bond donors (Lipinski definition) is 1. The molecule has 0 bridgehead atoms. The summed E-state index contributed by atoms with van der Waals surface area (Å²) in [4.78, 5) is 43.8. The van der Waals surface area contributed by atoms with Crippen molar-refractivity contribution in [2.24, 2.45) is 4.99 Å². The molecule has 9 nitrogen and oxygen atoms in total. The molecule has 0 amide bonds. The van der Waals surface area contributed by atoms with Crippen LogP contribution in [0.25, 0.3) is 28.2 Å². The standard InChI is InChI=1S/C33H26N2O7S/c1-4-41-32(39)27-18(2)34-33-35(29(27)28-23-8-6-5-7-19(23)13-15-25(28)40-3)30(36)26(43-33)17-22-14-16-24(42-22)20-9-11-21(12-10-20)31(37)38/h5-17,29H,4H2,1-3H3,(H,37,38)/b26-17-/t29-/m0/s1. The van der Waals surface area contributed by atoms with E-state index in [2.05, 4.69) is 4.99 Å². The van der Waals surface area contributed by atoms with Crippen LogP contribution in [-0.2, 0) is 9.53 Å². The van der Waals surface area contributed by atoms with Gasteiger partial charge in [-0.1, -0.05) is 53.8 Å². The highest BCUT2D eigenvalue weighted by Gasteiger charge is 2.36. The van der Waals surface area contributed by atoms with E-state index in [4.69, 9.17) is 13.9 Å². The predicted octanol–water partition coefficient (Wildman–Crippen LogP) is 4.92. The fourth-order valence-electron chi connectivity index (χ4n) is 5.29. The lowest BCUT2D eigenvalue weighted by molar-refractivity contribution is -0.139. The largest absolute Gasteiger partial charge is 0.496 e. The van der Waals surface area contributed by atoms with Crippen molar-refractivity contribution in [2.75, 3.05) is 13.7 Å². The molecule has 2 aromatic heterocycles. The second-order valence-electron chi connectivity index (χ2n) is 9.79. The first-order valence-electron chi connectivity index (χ1n) is 13.5. The first kappa shape index (κ1) is 27.9. The second-order valence-corrected chi connectivity index (χ2v) is 10.8. The zero-order valence-electron chi connectivity index (χ0n) is 23.5.